The predicted molar refractivity (Wildman–Crippen MR) is 83.8 cm³/mol. The average Bonchev–Trinajstić information content (AvgIpc) is 2.59. The molecule has 0 unspecified atom stereocenters. The van der Waals surface area contributed by atoms with Crippen LogP contribution in [0.25, 0.3) is 11.0 Å². The lowest BCUT2D eigenvalue weighted by Gasteiger charge is -1.99. The number of fused-ring (bicyclic) bond motifs is 1. The molecule has 0 aliphatic carbocycles. The van der Waals surface area contributed by atoms with Gasteiger partial charge < -0.3 is 0 Å². The maximum Gasteiger partial charge on any atom is 0.115 e. The molecule has 0 fully saturated rings. The van der Waals surface area contributed by atoms with Gasteiger partial charge in [0.2, 0.25) is 0 Å². The molecule has 0 amide bonds. The minimum atomic E-state index is -0.496. The zero-order chi connectivity index (χ0) is 15.2. The second kappa shape index (κ2) is 6.77. The SMILES string of the molecule is FCc1ccnc(C#CCCc2cnc3ccccc3n2)c1. The minimum absolute atomic E-state index is 0.496. The summed E-state index contributed by atoms with van der Waals surface area (Å²) in [7, 11) is 0. The van der Waals surface area contributed by atoms with E-state index < -0.39 is 6.67 Å². The maximum atomic E-state index is 12.6. The molecule has 2 heterocycles. The van der Waals surface area contributed by atoms with Gasteiger partial charge in [-0.15, -0.1) is 0 Å². The van der Waals surface area contributed by atoms with Crippen molar-refractivity contribution < 1.29 is 4.39 Å². The van der Waals surface area contributed by atoms with Gasteiger partial charge in [0, 0.05) is 25.2 Å². The topological polar surface area (TPSA) is 38.7 Å². The third kappa shape index (κ3) is 3.44. The second-order valence-corrected chi connectivity index (χ2v) is 4.83. The van der Waals surface area contributed by atoms with Crippen LogP contribution in [0.4, 0.5) is 4.39 Å². The Morgan fingerprint density at radius 1 is 1.05 bits per heavy atom. The molecule has 0 aliphatic heterocycles. The Hall–Kier alpha value is -2.80. The third-order valence-corrected chi connectivity index (χ3v) is 3.20. The zero-order valence-corrected chi connectivity index (χ0v) is 12.0. The number of nitrogens with zero attached hydrogens (tertiary/aromatic N) is 3. The van der Waals surface area contributed by atoms with Crippen LogP contribution in [0.1, 0.15) is 23.4 Å². The number of benzene rings is 1. The van der Waals surface area contributed by atoms with E-state index in [4.69, 9.17) is 0 Å². The number of aromatic nitrogens is 3. The summed E-state index contributed by atoms with van der Waals surface area (Å²) in [6.45, 7) is -0.496. The van der Waals surface area contributed by atoms with Gasteiger partial charge in [0.05, 0.1) is 16.7 Å². The summed E-state index contributed by atoms with van der Waals surface area (Å²) in [5, 5.41) is 0. The fourth-order valence-corrected chi connectivity index (χ4v) is 2.09. The van der Waals surface area contributed by atoms with Crippen LogP contribution in [0.5, 0.6) is 0 Å². The first kappa shape index (κ1) is 14.2. The molecule has 1 aromatic carbocycles. The molecular formula is C18H14FN3. The summed E-state index contributed by atoms with van der Waals surface area (Å²) in [6, 6.07) is 11.1. The highest BCUT2D eigenvalue weighted by Gasteiger charge is 1.98. The fourth-order valence-electron chi connectivity index (χ4n) is 2.09. The van der Waals surface area contributed by atoms with Crippen molar-refractivity contribution in [2.45, 2.75) is 19.5 Å². The van der Waals surface area contributed by atoms with E-state index in [0.717, 1.165) is 23.1 Å². The molecule has 0 radical (unpaired) electrons. The molecule has 108 valence electrons. The maximum absolute atomic E-state index is 12.6. The number of rotatable bonds is 3. The Morgan fingerprint density at radius 3 is 2.77 bits per heavy atom. The minimum Gasteiger partial charge on any atom is -0.253 e. The van der Waals surface area contributed by atoms with Crippen LogP contribution in [0.3, 0.4) is 0 Å². The second-order valence-electron chi connectivity index (χ2n) is 4.83. The van der Waals surface area contributed by atoms with E-state index in [2.05, 4.69) is 26.8 Å². The van der Waals surface area contributed by atoms with Crippen molar-refractivity contribution in [3.05, 3.63) is 65.7 Å². The highest BCUT2D eigenvalue weighted by molar-refractivity contribution is 5.73. The first-order valence-electron chi connectivity index (χ1n) is 7.05. The van der Waals surface area contributed by atoms with E-state index in [9.17, 15) is 4.39 Å². The van der Waals surface area contributed by atoms with E-state index in [1.807, 2.05) is 24.3 Å². The molecule has 2 aromatic heterocycles. The van der Waals surface area contributed by atoms with Gasteiger partial charge in [-0.05, 0) is 35.7 Å². The molecule has 0 aliphatic rings. The highest BCUT2D eigenvalue weighted by atomic mass is 19.1. The summed E-state index contributed by atoms with van der Waals surface area (Å²) >= 11 is 0. The molecule has 0 N–H and O–H groups in total. The number of halogens is 1. The monoisotopic (exact) mass is 291 g/mol. The van der Waals surface area contributed by atoms with Gasteiger partial charge in [0.15, 0.2) is 0 Å². The molecule has 22 heavy (non-hydrogen) atoms. The number of hydrogen-bond acceptors (Lipinski definition) is 3. The van der Waals surface area contributed by atoms with E-state index >= 15 is 0 Å². The first-order valence-corrected chi connectivity index (χ1v) is 7.05. The van der Waals surface area contributed by atoms with Gasteiger partial charge in [-0.25, -0.2) is 14.4 Å². The Bertz CT molecular complexity index is 849. The summed E-state index contributed by atoms with van der Waals surface area (Å²) in [5.74, 6) is 6.00. The molecule has 0 bridgehead atoms. The van der Waals surface area contributed by atoms with Crippen molar-refractivity contribution in [3.63, 3.8) is 0 Å². The van der Waals surface area contributed by atoms with Crippen LogP contribution < -0.4 is 0 Å². The summed E-state index contributed by atoms with van der Waals surface area (Å²) in [4.78, 5) is 13.0. The fraction of sp³-hybridized carbons (Fsp3) is 0.167. The lowest BCUT2D eigenvalue weighted by molar-refractivity contribution is 0.485. The average molecular weight is 291 g/mol. The third-order valence-electron chi connectivity index (χ3n) is 3.20. The Labute approximate surface area is 128 Å². The largest absolute Gasteiger partial charge is 0.253 e. The first-order chi connectivity index (χ1) is 10.8. The standard InChI is InChI=1S/C18H14FN3/c19-12-14-9-10-20-15(11-14)5-1-2-6-16-13-21-17-7-3-4-8-18(17)22-16/h3-4,7-11,13H,2,6,12H2. The van der Waals surface area contributed by atoms with Crippen molar-refractivity contribution in [3.8, 4) is 11.8 Å². The zero-order valence-electron chi connectivity index (χ0n) is 12.0. The number of hydrogen-bond donors (Lipinski definition) is 0. The molecule has 3 aromatic rings. The van der Waals surface area contributed by atoms with Crippen LogP contribution >= 0.6 is 0 Å². The molecule has 3 rings (SSSR count). The van der Waals surface area contributed by atoms with Crippen LogP contribution in [0.2, 0.25) is 0 Å². The normalized spacial score (nSPS) is 10.2. The van der Waals surface area contributed by atoms with Gasteiger partial charge >= 0.3 is 0 Å². The van der Waals surface area contributed by atoms with E-state index in [0.29, 0.717) is 17.7 Å². The Kier molecular flexibility index (Phi) is 4.35. The van der Waals surface area contributed by atoms with Gasteiger partial charge in [0.25, 0.3) is 0 Å². The molecular weight excluding hydrogens is 277 g/mol. The smallest absolute Gasteiger partial charge is 0.115 e. The quantitative estimate of drug-likeness (QED) is 0.693. The molecule has 3 nitrogen and oxygen atoms in total. The van der Waals surface area contributed by atoms with E-state index in [-0.39, 0.29) is 0 Å². The molecule has 0 saturated heterocycles. The highest BCUT2D eigenvalue weighted by Crippen LogP contribution is 2.09. The van der Waals surface area contributed by atoms with Gasteiger partial charge in [-0.1, -0.05) is 18.1 Å². The Morgan fingerprint density at radius 2 is 1.91 bits per heavy atom. The molecule has 0 spiro atoms. The predicted octanol–water partition coefficient (Wildman–Crippen LogP) is 3.48. The lowest BCUT2D eigenvalue weighted by atomic mass is 10.2. The van der Waals surface area contributed by atoms with Crippen LogP contribution in [0.15, 0.2) is 48.8 Å². The number of alkyl halides is 1. The van der Waals surface area contributed by atoms with Gasteiger partial charge in [-0.2, -0.15) is 0 Å². The van der Waals surface area contributed by atoms with Crippen LogP contribution in [-0.4, -0.2) is 15.0 Å². The van der Waals surface area contributed by atoms with Crippen molar-refractivity contribution in [1.82, 2.24) is 15.0 Å². The molecule has 0 atom stereocenters. The number of para-hydroxylation sites is 2. The summed E-state index contributed by atoms with van der Waals surface area (Å²) in [5.41, 5.74) is 3.90. The van der Waals surface area contributed by atoms with Crippen molar-refractivity contribution in [2.24, 2.45) is 0 Å². The summed E-state index contributed by atoms with van der Waals surface area (Å²) < 4.78 is 12.6. The summed E-state index contributed by atoms with van der Waals surface area (Å²) in [6.07, 6.45) is 4.75. The van der Waals surface area contributed by atoms with Gasteiger partial charge in [-0.3, -0.25) is 4.98 Å². The van der Waals surface area contributed by atoms with Crippen molar-refractivity contribution in [1.29, 1.82) is 0 Å². The van der Waals surface area contributed by atoms with Crippen molar-refractivity contribution in [2.75, 3.05) is 0 Å². The molecule has 0 saturated carbocycles. The number of pyridine rings is 1. The van der Waals surface area contributed by atoms with E-state index in [1.54, 1.807) is 24.5 Å². The van der Waals surface area contributed by atoms with Gasteiger partial charge in [0.1, 0.15) is 12.4 Å². The Balaban J connectivity index is 1.66. The molecule has 4 heteroatoms. The van der Waals surface area contributed by atoms with E-state index in [1.165, 1.54) is 0 Å². The number of aryl methyl sites for hydroxylation is 1. The van der Waals surface area contributed by atoms with Crippen LogP contribution in [-0.2, 0) is 13.1 Å². The lowest BCUT2D eigenvalue weighted by Crippen LogP contribution is -1.92. The van der Waals surface area contributed by atoms with Crippen LogP contribution in [0, 0.1) is 11.8 Å². The van der Waals surface area contributed by atoms with Crippen molar-refractivity contribution >= 4 is 11.0 Å².